The summed E-state index contributed by atoms with van der Waals surface area (Å²) in [5, 5.41) is 0.796. The quantitative estimate of drug-likeness (QED) is 0.481. The molecule has 0 atom stereocenters. The van der Waals surface area contributed by atoms with E-state index in [0.29, 0.717) is 5.56 Å². The predicted molar refractivity (Wildman–Crippen MR) is 62.2 cm³/mol. The van der Waals surface area contributed by atoms with E-state index in [2.05, 4.69) is 20.7 Å². The Morgan fingerprint density at radius 2 is 2.29 bits per heavy atom. The van der Waals surface area contributed by atoms with Crippen molar-refractivity contribution in [1.82, 2.24) is 0 Å². The Morgan fingerprint density at radius 3 is 2.79 bits per heavy atom. The average molecular weight is 275 g/mol. The topological polar surface area (TPSA) is 26.3 Å². The molecule has 0 fully saturated rings. The summed E-state index contributed by atoms with van der Waals surface area (Å²) in [6.07, 6.45) is 1.99. The van der Waals surface area contributed by atoms with Gasteiger partial charge in [-0.2, -0.15) is 0 Å². The molecule has 1 aromatic carbocycles. The summed E-state index contributed by atoms with van der Waals surface area (Å²) in [4.78, 5) is 12.3. The van der Waals surface area contributed by atoms with E-state index in [1.807, 2.05) is 18.4 Å². The summed E-state index contributed by atoms with van der Waals surface area (Å²) in [5.41, 5.74) is 1.78. The molecule has 0 spiro atoms. The third-order valence-corrected chi connectivity index (χ3v) is 3.28. The Morgan fingerprint density at radius 1 is 1.57 bits per heavy atom. The predicted octanol–water partition coefficient (Wildman–Crippen LogP) is 3.09. The minimum atomic E-state index is -0.290. The van der Waals surface area contributed by atoms with Crippen molar-refractivity contribution in [3.8, 4) is 0 Å². The molecular formula is C10H11BrO2S. The van der Waals surface area contributed by atoms with Crippen LogP contribution in [0.5, 0.6) is 0 Å². The number of rotatable bonds is 3. The van der Waals surface area contributed by atoms with Crippen LogP contribution in [0.3, 0.4) is 0 Å². The van der Waals surface area contributed by atoms with Crippen LogP contribution >= 0.6 is 27.7 Å². The zero-order valence-corrected chi connectivity index (χ0v) is 10.4. The van der Waals surface area contributed by atoms with Crippen LogP contribution in [0.4, 0.5) is 0 Å². The Balaban J connectivity index is 3.07. The SMILES string of the molecule is COC(=O)c1ccc(CBr)c(SC)c1. The van der Waals surface area contributed by atoms with Crippen LogP contribution in [0.2, 0.25) is 0 Å². The van der Waals surface area contributed by atoms with Crippen LogP contribution in [0.1, 0.15) is 15.9 Å². The lowest BCUT2D eigenvalue weighted by Crippen LogP contribution is -2.01. The van der Waals surface area contributed by atoms with Crippen molar-refractivity contribution in [1.29, 1.82) is 0 Å². The second kappa shape index (κ2) is 5.41. The summed E-state index contributed by atoms with van der Waals surface area (Å²) in [6, 6.07) is 5.57. The van der Waals surface area contributed by atoms with Crippen LogP contribution in [-0.4, -0.2) is 19.3 Å². The van der Waals surface area contributed by atoms with Gasteiger partial charge in [0.05, 0.1) is 12.7 Å². The third kappa shape index (κ3) is 2.51. The van der Waals surface area contributed by atoms with Crippen LogP contribution in [0.25, 0.3) is 0 Å². The number of halogens is 1. The lowest BCUT2D eigenvalue weighted by Gasteiger charge is -2.06. The molecular weight excluding hydrogens is 264 g/mol. The molecule has 1 rings (SSSR count). The van der Waals surface area contributed by atoms with Gasteiger partial charge in [-0.1, -0.05) is 22.0 Å². The molecule has 0 saturated carbocycles. The van der Waals surface area contributed by atoms with Gasteiger partial charge in [-0.3, -0.25) is 0 Å². The van der Waals surface area contributed by atoms with Crippen molar-refractivity contribution in [2.75, 3.05) is 13.4 Å². The van der Waals surface area contributed by atoms with E-state index < -0.39 is 0 Å². The Kier molecular flexibility index (Phi) is 4.48. The van der Waals surface area contributed by atoms with E-state index in [1.165, 1.54) is 12.7 Å². The Labute approximate surface area is 96.2 Å². The molecule has 0 aliphatic heterocycles. The maximum Gasteiger partial charge on any atom is 0.337 e. The first-order valence-electron chi connectivity index (χ1n) is 4.04. The largest absolute Gasteiger partial charge is 0.465 e. The van der Waals surface area contributed by atoms with Crippen molar-refractivity contribution in [3.05, 3.63) is 29.3 Å². The minimum Gasteiger partial charge on any atom is -0.465 e. The third-order valence-electron chi connectivity index (χ3n) is 1.85. The molecule has 2 nitrogen and oxygen atoms in total. The molecule has 0 unspecified atom stereocenters. The molecule has 14 heavy (non-hydrogen) atoms. The fourth-order valence-corrected chi connectivity index (χ4v) is 2.42. The fraction of sp³-hybridized carbons (Fsp3) is 0.300. The van der Waals surface area contributed by atoms with Crippen molar-refractivity contribution < 1.29 is 9.53 Å². The van der Waals surface area contributed by atoms with E-state index >= 15 is 0 Å². The van der Waals surface area contributed by atoms with Gasteiger partial charge in [-0.15, -0.1) is 11.8 Å². The second-order valence-electron chi connectivity index (χ2n) is 2.65. The van der Waals surface area contributed by atoms with Gasteiger partial charge in [-0.25, -0.2) is 4.79 Å². The summed E-state index contributed by atoms with van der Waals surface area (Å²) in [6.45, 7) is 0. The van der Waals surface area contributed by atoms with Gasteiger partial charge in [0.2, 0.25) is 0 Å². The number of benzene rings is 1. The van der Waals surface area contributed by atoms with Gasteiger partial charge in [0.15, 0.2) is 0 Å². The fourth-order valence-electron chi connectivity index (χ4n) is 1.10. The van der Waals surface area contributed by atoms with Crippen LogP contribution in [-0.2, 0) is 10.1 Å². The molecule has 0 N–H and O–H groups in total. The van der Waals surface area contributed by atoms with Crippen molar-refractivity contribution in [2.24, 2.45) is 0 Å². The molecule has 76 valence electrons. The number of carbonyl (C=O) groups is 1. The number of esters is 1. The number of hydrogen-bond acceptors (Lipinski definition) is 3. The van der Waals surface area contributed by atoms with Crippen LogP contribution in [0.15, 0.2) is 23.1 Å². The Bertz CT molecular complexity index is 339. The minimum absolute atomic E-state index is 0.290. The molecule has 0 radical (unpaired) electrons. The number of methoxy groups -OCH3 is 1. The summed E-state index contributed by atoms with van der Waals surface area (Å²) in [7, 11) is 1.39. The summed E-state index contributed by atoms with van der Waals surface area (Å²) < 4.78 is 4.65. The molecule has 0 bridgehead atoms. The first-order valence-corrected chi connectivity index (χ1v) is 6.38. The standard InChI is InChI=1S/C10H11BrO2S/c1-13-10(12)7-3-4-8(6-11)9(5-7)14-2/h3-5H,6H2,1-2H3. The second-order valence-corrected chi connectivity index (χ2v) is 4.06. The lowest BCUT2D eigenvalue weighted by atomic mass is 10.1. The molecule has 0 amide bonds. The number of ether oxygens (including phenoxy) is 1. The van der Waals surface area contributed by atoms with Crippen LogP contribution < -0.4 is 0 Å². The highest BCUT2D eigenvalue weighted by Gasteiger charge is 2.08. The highest BCUT2D eigenvalue weighted by atomic mass is 79.9. The summed E-state index contributed by atoms with van der Waals surface area (Å²) >= 11 is 5.02. The average Bonchev–Trinajstić information content (AvgIpc) is 2.26. The normalized spacial score (nSPS) is 9.93. The molecule has 0 aromatic heterocycles. The molecule has 0 aliphatic rings. The van der Waals surface area contributed by atoms with E-state index in [0.717, 1.165) is 10.2 Å². The molecule has 0 aliphatic carbocycles. The monoisotopic (exact) mass is 274 g/mol. The summed E-state index contributed by atoms with van der Waals surface area (Å²) in [5.74, 6) is -0.290. The highest BCUT2D eigenvalue weighted by molar-refractivity contribution is 9.08. The first kappa shape index (κ1) is 11.6. The van der Waals surface area contributed by atoms with Crippen LogP contribution in [0, 0.1) is 0 Å². The van der Waals surface area contributed by atoms with Crippen molar-refractivity contribution >= 4 is 33.7 Å². The molecule has 0 heterocycles. The first-order chi connectivity index (χ1) is 6.72. The van der Waals surface area contributed by atoms with E-state index in [9.17, 15) is 4.79 Å². The van der Waals surface area contributed by atoms with Gasteiger partial charge >= 0.3 is 5.97 Å². The smallest absolute Gasteiger partial charge is 0.337 e. The number of alkyl halides is 1. The van der Waals surface area contributed by atoms with E-state index in [-0.39, 0.29) is 5.97 Å². The number of carbonyl (C=O) groups excluding carboxylic acids is 1. The van der Waals surface area contributed by atoms with Crippen molar-refractivity contribution in [3.63, 3.8) is 0 Å². The molecule has 4 heteroatoms. The lowest BCUT2D eigenvalue weighted by molar-refractivity contribution is 0.0600. The van der Waals surface area contributed by atoms with E-state index in [1.54, 1.807) is 17.8 Å². The van der Waals surface area contributed by atoms with Gasteiger partial charge in [0.25, 0.3) is 0 Å². The van der Waals surface area contributed by atoms with Gasteiger partial charge in [0, 0.05) is 10.2 Å². The zero-order valence-electron chi connectivity index (χ0n) is 8.04. The van der Waals surface area contributed by atoms with Gasteiger partial charge in [0.1, 0.15) is 0 Å². The molecule has 0 saturated heterocycles. The molecule has 1 aromatic rings. The number of hydrogen-bond donors (Lipinski definition) is 0. The van der Waals surface area contributed by atoms with Gasteiger partial charge < -0.3 is 4.74 Å². The van der Waals surface area contributed by atoms with Crippen molar-refractivity contribution in [2.45, 2.75) is 10.2 Å². The maximum atomic E-state index is 11.2. The number of thioether (sulfide) groups is 1. The van der Waals surface area contributed by atoms with Gasteiger partial charge in [-0.05, 0) is 24.0 Å². The van der Waals surface area contributed by atoms with E-state index in [4.69, 9.17) is 0 Å². The highest BCUT2D eigenvalue weighted by Crippen LogP contribution is 2.24. The zero-order chi connectivity index (χ0) is 10.6. The Hall–Kier alpha value is -0.480. The maximum absolute atomic E-state index is 11.2.